The van der Waals surface area contributed by atoms with Gasteiger partial charge in [-0.15, -0.1) is 0 Å². The van der Waals surface area contributed by atoms with Crippen LogP contribution >= 0.6 is 0 Å². The van der Waals surface area contributed by atoms with Gasteiger partial charge in [0.2, 0.25) is 0 Å². The molecule has 0 radical (unpaired) electrons. The van der Waals surface area contributed by atoms with E-state index in [1.165, 1.54) is 6.07 Å². The molecule has 0 spiro atoms. The molecule has 2 heterocycles. The summed E-state index contributed by atoms with van der Waals surface area (Å²) in [4.78, 5) is 21.4. The van der Waals surface area contributed by atoms with Gasteiger partial charge < -0.3 is 15.1 Å². The summed E-state index contributed by atoms with van der Waals surface area (Å²) in [5, 5.41) is 2.86. The van der Waals surface area contributed by atoms with E-state index >= 15 is 0 Å². The first-order valence-corrected chi connectivity index (χ1v) is 9.12. The molecule has 6 heteroatoms. The molecule has 0 bridgehead atoms. The Morgan fingerprint density at radius 2 is 1.96 bits per heavy atom. The second kappa shape index (κ2) is 8.76. The highest BCUT2D eigenvalue weighted by Crippen LogP contribution is 2.15. The largest absolute Gasteiger partial charge is 0.354 e. The highest BCUT2D eigenvalue weighted by atomic mass is 19.1. The lowest BCUT2D eigenvalue weighted by atomic mass is 10.1. The summed E-state index contributed by atoms with van der Waals surface area (Å²) in [6.07, 6.45) is 2.14. The summed E-state index contributed by atoms with van der Waals surface area (Å²) in [5.41, 5.74) is 1.19. The van der Waals surface area contributed by atoms with Crippen LogP contribution in [0, 0.1) is 5.82 Å². The third-order valence-electron chi connectivity index (χ3n) is 4.79. The molecule has 1 saturated heterocycles. The van der Waals surface area contributed by atoms with Gasteiger partial charge in [0.15, 0.2) is 0 Å². The molecule has 26 heavy (non-hydrogen) atoms. The van der Waals surface area contributed by atoms with Crippen molar-refractivity contribution in [1.82, 2.24) is 15.2 Å². The van der Waals surface area contributed by atoms with Gasteiger partial charge in [-0.05, 0) is 36.7 Å². The zero-order chi connectivity index (χ0) is 18.4. The second-order valence-electron chi connectivity index (χ2n) is 6.42. The maximum absolute atomic E-state index is 13.6. The van der Waals surface area contributed by atoms with E-state index in [0.29, 0.717) is 24.1 Å². The van der Waals surface area contributed by atoms with Gasteiger partial charge in [0, 0.05) is 44.5 Å². The first-order chi connectivity index (χ1) is 12.7. The summed E-state index contributed by atoms with van der Waals surface area (Å²) in [5.74, 6) is 0.443. The molecule has 0 unspecified atom stereocenters. The number of likely N-dealkylation sites (N-methyl/N-ethyl adjacent to an activating group) is 1. The Hall–Kier alpha value is -2.47. The topological polar surface area (TPSA) is 48.5 Å². The average molecular weight is 356 g/mol. The monoisotopic (exact) mass is 356 g/mol. The van der Waals surface area contributed by atoms with Crippen LogP contribution in [0.3, 0.4) is 0 Å². The van der Waals surface area contributed by atoms with Crippen molar-refractivity contribution in [3.05, 3.63) is 59.5 Å². The molecule has 1 N–H and O–H groups in total. The van der Waals surface area contributed by atoms with E-state index in [0.717, 1.165) is 38.5 Å². The van der Waals surface area contributed by atoms with Crippen LogP contribution in [0.5, 0.6) is 0 Å². The number of rotatable bonds is 6. The molecule has 5 nitrogen and oxygen atoms in total. The lowest BCUT2D eigenvalue weighted by molar-refractivity contribution is 0.0954. The van der Waals surface area contributed by atoms with Crippen molar-refractivity contribution >= 4 is 11.7 Å². The Balaban J connectivity index is 1.56. The van der Waals surface area contributed by atoms with Crippen molar-refractivity contribution in [2.45, 2.75) is 13.3 Å². The minimum Gasteiger partial charge on any atom is -0.354 e. The highest BCUT2D eigenvalue weighted by Gasteiger charge is 2.17. The van der Waals surface area contributed by atoms with Crippen molar-refractivity contribution in [2.75, 3.05) is 44.2 Å². The van der Waals surface area contributed by atoms with Gasteiger partial charge in [-0.25, -0.2) is 9.37 Å². The summed E-state index contributed by atoms with van der Waals surface area (Å²) in [6, 6.07) is 10.2. The number of carbonyl (C=O) groups is 1. The van der Waals surface area contributed by atoms with Gasteiger partial charge >= 0.3 is 0 Å². The standard InChI is InChI=1S/C20H25FN4O/c1-2-24-11-13-25(14-12-24)19-15-17(8-9-22-19)20(26)23-10-7-16-5-3-4-6-18(16)21/h3-6,8-9,15H,2,7,10-14H2,1H3,(H,23,26). The van der Waals surface area contributed by atoms with E-state index in [-0.39, 0.29) is 11.7 Å². The third-order valence-corrected chi connectivity index (χ3v) is 4.79. The van der Waals surface area contributed by atoms with Crippen LogP contribution in [-0.2, 0) is 6.42 Å². The molecule has 1 amide bonds. The maximum atomic E-state index is 13.6. The van der Waals surface area contributed by atoms with Gasteiger partial charge in [0.25, 0.3) is 5.91 Å². The van der Waals surface area contributed by atoms with Gasteiger partial charge in [-0.2, -0.15) is 0 Å². The van der Waals surface area contributed by atoms with E-state index in [1.807, 2.05) is 6.07 Å². The zero-order valence-corrected chi connectivity index (χ0v) is 15.1. The molecule has 3 rings (SSSR count). The third kappa shape index (κ3) is 4.58. The zero-order valence-electron chi connectivity index (χ0n) is 15.1. The summed E-state index contributed by atoms with van der Waals surface area (Å²) in [6.45, 7) is 7.48. The summed E-state index contributed by atoms with van der Waals surface area (Å²) >= 11 is 0. The number of hydrogen-bond acceptors (Lipinski definition) is 4. The summed E-state index contributed by atoms with van der Waals surface area (Å²) < 4.78 is 13.6. The number of benzene rings is 1. The number of halogens is 1. The molecule has 2 aromatic rings. The van der Waals surface area contributed by atoms with Crippen LogP contribution in [0.4, 0.5) is 10.2 Å². The van der Waals surface area contributed by atoms with Gasteiger partial charge in [-0.3, -0.25) is 4.79 Å². The lowest BCUT2D eigenvalue weighted by Gasteiger charge is -2.34. The second-order valence-corrected chi connectivity index (χ2v) is 6.42. The SMILES string of the molecule is CCN1CCN(c2cc(C(=O)NCCc3ccccc3F)ccn2)CC1. The van der Waals surface area contributed by atoms with Crippen LogP contribution in [0.2, 0.25) is 0 Å². The molecule has 1 fully saturated rings. The van der Waals surface area contributed by atoms with Gasteiger partial charge in [0.1, 0.15) is 11.6 Å². The molecule has 1 aliphatic heterocycles. The number of aromatic nitrogens is 1. The lowest BCUT2D eigenvalue weighted by Crippen LogP contribution is -2.46. The van der Waals surface area contributed by atoms with E-state index < -0.39 is 0 Å². The van der Waals surface area contributed by atoms with Crippen molar-refractivity contribution in [3.63, 3.8) is 0 Å². The quantitative estimate of drug-likeness (QED) is 0.863. The number of nitrogens with one attached hydrogen (secondary N) is 1. The molecule has 1 aromatic carbocycles. The first kappa shape index (κ1) is 18.3. The fraction of sp³-hybridized carbons (Fsp3) is 0.400. The first-order valence-electron chi connectivity index (χ1n) is 9.12. The molecule has 1 aliphatic rings. The molecule has 0 saturated carbocycles. The molecular formula is C20H25FN4O. The van der Waals surface area contributed by atoms with Crippen molar-refractivity contribution < 1.29 is 9.18 Å². The predicted molar refractivity (Wildman–Crippen MR) is 101 cm³/mol. The van der Waals surface area contributed by atoms with Crippen molar-refractivity contribution in [2.24, 2.45) is 0 Å². The molecule has 1 aromatic heterocycles. The minimum absolute atomic E-state index is 0.155. The number of amides is 1. The number of nitrogens with zero attached hydrogens (tertiary/aromatic N) is 3. The van der Waals surface area contributed by atoms with Crippen LogP contribution in [0.1, 0.15) is 22.8 Å². The van der Waals surface area contributed by atoms with Crippen LogP contribution < -0.4 is 10.2 Å². The fourth-order valence-corrected chi connectivity index (χ4v) is 3.14. The van der Waals surface area contributed by atoms with E-state index in [9.17, 15) is 9.18 Å². The normalized spacial score (nSPS) is 15.1. The van der Waals surface area contributed by atoms with Crippen LogP contribution in [-0.4, -0.2) is 55.1 Å². The Labute approximate surface area is 153 Å². The Morgan fingerprint density at radius 3 is 2.69 bits per heavy atom. The molecular weight excluding hydrogens is 331 g/mol. The minimum atomic E-state index is -0.237. The van der Waals surface area contributed by atoms with Crippen molar-refractivity contribution in [3.8, 4) is 0 Å². The predicted octanol–water partition coefficient (Wildman–Crippen LogP) is 2.34. The number of piperazine rings is 1. The highest BCUT2D eigenvalue weighted by molar-refractivity contribution is 5.94. The number of hydrogen-bond donors (Lipinski definition) is 1. The number of carbonyl (C=O) groups excluding carboxylic acids is 1. The molecule has 0 atom stereocenters. The number of pyridine rings is 1. The van der Waals surface area contributed by atoms with Gasteiger partial charge in [0.05, 0.1) is 0 Å². The molecule has 0 aliphatic carbocycles. The number of anilines is 1. The van der Waals surface area contributed by atoms with E-state index in [1.54, 1.807) is 30.5 Å². The van der Waals surface area contributed by atoms with E-state index in [4.69, 9.17) is 0 Å². The van der Waals surface area contributed by atoms with Crippen LogP contribution in [0.15, 0.2) is 42.6 Å². The van der Waals surface area contributed by atoms with Crippen molar-refractivity contribution in [1.29, 1.82) is 0 Å². The van der Waals surface area contributed by atoms with Crippen LogP contribution in [0.25, 0.3) is 0 Å². The fourth-order valence-electron chi connectivity index (χ4n) is 3.14. The van der Waals surface area contributed by atoms with Gasteiger partial charge in [-0.1, -0.05) is 25.1 Å². The Bertz CT molecular complexity index is 744. The Kier molecular flexibility index (Phi) is 6.17. The molecule has 138 valence electrons. The van der Waals surface area contributed by atoms with E-state index in [2.05, 4.69) is 27.0 Å². The maximum Gasteiger partial charge on any atom is 0.251 e. The average Bonchev–Trinajstić information content (AvgIpc) is 2.69. The summed E-state index contributed by atoms with van der Waals surface area (Å²) in [7, 11) is 0. The Morgan fingerprint density at radius 1 is 1.19 bits per heavy atom. The smallest absolute Gasteiger partial charge is 0.251 e.